The molecule has 2 aliphatic heterocycles. The lowest BCUT2D eigenvalue weighted by Crippen LogP contribution is -2.65. The van der Waals surface area contributed by atoms with Crippen LogP contribution in [0.3, 0.4) is 0 Å². The summed E-state index contributed by atoms with van der Waals surface area (Å²) in [5, 5.41) is 87.2. The quantitative estimate of drug-likeness (QED) is 0.0204. The van der Waals surface area contributed by atoms with Gasteiger partial charge in [0, 0.05) is 6.42 Å². The van der Waals surface area contributed by atoms with Crippen LogP contribution in [0.5, 0.6) is 0 Å². The Bertz CT molecular complexity index is 1630. The lowest BCUT2D eigenvalue weighted by molar-refractivity contribution is -0.359. The molecule has 12 atom stereocenters. The highest BCUT2D eigenvalue weighted by Gasteiger charge is 2.51. The molecule has 2 heterocycles. The molecule has 450 valence electrons. The van der Waals surface area contributed by atoms with Gasteiger partial charge in [0.15, 0.2) is 12.6 Å². The van der Waals surface area contributed by atoms with E-state index < -0.39 is 86.8 Å². The lowest BCUT2D eigenvalue weighted by atomic mass is 9.97. The number of hydrogen-bond acceptors (Lipinski definition) is 13. The molecule has 1 amide bonds. The molecule has 0 saturated carbocycles. The summed E-state index contributed by atoms with van der Waals surface area (Å²) < 4.78 is 22.8. The zero-order valence-corrected chi connectivity index (χ0v) is 48.4. The molecule has 0 bridgehead atoms. The average Bonchev–Trinajstić information content (AvgIpc) is 3.48. The number of carbonyl (C=O) groups excluding carboxylic acids is 1. The van der Waals surface area contributed by atoms with E-state index in [2.05, 4.69) is 92.1 Å². The molecule has 0 radical (unpaired) electrons. The molecule has 2 saturated heterocycles. The van der Waals surface area contributed by atoms with Crippen LogP contribution in [0.2, 0.25) is 0 Å². The summed E-state index contributed by atoms with van der Waals surface area (Å²) in [6, 6.07) is -0.944. The molecule has 2 fully saturated rings. The Hall–Kier alpha value is -2.83. The highest BCUT2D eigenvalue weighted by molar-refractivity contribution is 5.76. The van der Waals surface area contributed by atoms with E-state index in [0.29, 0.717) is 12.8 Å². The maximum Gasteiger partial charge on any atom is 0.220 e. The molecule has 2 rings (SSSR count). The van der Waals surface area contributed by atoms with E-state index in [1.165, 1.54) is 103 Å². The van der Waals surface area contributed by atoms with Crippen LogP contribution in [0.1, 0.15) is 219 Å². The van der Waals surface area contributed by atoms with Gasteiger partial charge in [0.05, 0.1) is 32.0 Å². The molecule has 9 N–H and O–H groups in total. The number of amides is 1. The second-order valence-electron chi connectivity index (χ2n) is 21.4. The van der Waals surface area contributed by atoms with Crippen molar-refractivity contribution in [2.24, 2.45) is 0 Å². The fourth-order valence-corrected chi connectivity index (χ4v) is 9.63. The van der Waals surface area contributed by atoms with Crippen LogP contribution in [0, 0.1) is 0 Å². The number of unbranched alkanes of at least 4 members (excludes halogenated alkanes) is 23. The number of aliphatic hydroxyl groups is 8. The van der Waals surface area contributed by atoms with Gasteiger partial charge in [0.25, 0.3) is 0 Å². The summed E-state index contributed by atoms with van der Waals surface area (Å²) >= 11 is 0. The predicted molar refractivity (Wildman–Crippen MR) is 313 cm³/mol. The van der Waals surface area contributed by atoms with E-state index in [4.69, 9.17) is 18.9 Å². The van der Waals surface area contributed by atoms with Crippen molar-refractivity contribution in [3.05, 3.63) is 85.1 Å². The predicted octanol–water partition coefficient (Wildman–Crippen LogP) is 10.9. The van der Waals surface area contributed by atoms with Gasteiger partial charge >= 0.3 is 0 Å². The van der Waals surface area contributed by atoms with Crippen molar-refractivity contribution in [2.45, 2.75) is 293 Å². The van der Waals surface area contributed by atoms with Crippen LogP contribution in [0.25, 0.3) is 0 Å². The van der Waals surface area contributed by atoms with Gasteiger partial charge in [-0.3, -0.25) is 4.79 Å². The average molecular weight is 1100 g/mol. The summed E-state index contributed by atoms with van der Waals surface area (Å²) in [4.78, 5) is 13.3. The van der Waals surface area contributed by atoms with Crippen molar-refractivity contribution in [3.63, 3.8) is 0 Å². The normalized spacial score (nSPS) is 25.2. The number of allylic oxidation sites excluding steroid dienone is 13. The Labute approximate surface area is 471 Å². The van der Waals surface area contributed by atoms with Gasteiger partial charge in [-0.2, -0.15) is 0 Å². The van der Waals surface area contributed by atoms with Gasteiger partial charge in [0.1, 0.15) is 48.8 Å². The highest BCUT2D eigenvalue weighted by Crippen LogP contribution is 2.30. The molecular formula is C64H111NO13. The third kappa shape index (κ3) is 33.8. The Kier molecular flexibility index (Phi) is 44.6. The monoisotopic (exact) mass is 1100 g/mol. The molecule has 0 aliphatic carbocycles. The van der Waals surface area contributed by atoms with Crippen LogP contribution in [-0.4, -0.2) is 140 Å². The molecule has 0 spiro atoms. The van der Waals surface area contributed by atoms with Crippen LogP contribution in [0.4, 0.5) is 0 Å². The first-order valence-corrected chi connectivity index (χ1v) is 30.8. The molecule has 0 aromatic carbocycles. The number of ether oxygens (including phenoxy) is 4. The Morgan fingerprint density at radius 3 is 1.41 bits per heavy atom. The lowest BCUT2D eigenvalue weighted by Gasteiger charge is -2.46. The topological polar surface area (TPSA) is 228 Å². The zero-order valence-electron chi connectivity index (χ0n) is 48.4. The van der Waals surface area contributed by atoms with E-state index in [1.54, 1.807) is 6.08 Å². The first-order valence-electron chi connectivity index (χ1n) is 30.8. The fraction of sp³-hybridized carbons (Fsp3) is 0.766. The largest absolute Gasteiger partial charge is 0.394 e. The maximum atomic E-state index is 13.3. The van der Waals surface area contributed by atoms with Crippen LogP contribution >= 0.6 is 0 Å². The van der Waals surface area contributed by atoms with Crippen molar-refractivity contribution in [2.75, 3.05) is 19.8 Å². The van der Waals surface area contributed by atoms with Crippen LogP contribution in [-0.2, 0) is 23.7 Å². The van der Waals surface area contributed by atoms with Gasteiger partial charge in [-0.1, -0.05) is 221 Å². The summed E-state index contributed by atoms with van der Waals surface area (Å²) in [5.74, 6) is -0.263. The summed E-state index contributed by atoms with van der Waals surface area (Å²) in [7, 11) is 0. The maximum absolute atomic E-state index is 13.3. The minimum Gasteiger partial charge on any atom is -0.394 e. The van der Waals surface area contributed by atoms with Crippen molar-refractivity contribution in [1.82, 2.24) is 5.32 Å². The number of rotatable bonds is 48. The second-order valence-corrected chi connectivity index (χ2v) is 21.4. The van der Waals surface area contributed by atoms with Crippen LogP contribution < -0.4 is 5.32 Å². The van der Waals surface area contributed by atoms with E-state index in [1.807, 2.05) is 6.08 Å². The van der Waals surface area contributed by atoms with Gasteiger partial charge < -0.3 is 65.1 Å². The van der Waals surface area contributed by atoms with E-state index in [0.717, 1.165) is 83.5 Å². The van der Waals surface area contributed by atoms with Crippen LogP contribution in [0.15, 0.2) is 85.1 Å². The molecule has 0 aromatic heterocycles. The standard InChI is InChI=1S/C64H111NO13/c1-3-5-7-9-11-13-15-17-19-21-23-25-26-28-30-32-34-36-38-40-42-44-46-48-56(69)65-52(53(68)47-45-43-41-39-37-35-33-31-29-27-24-22-20-18-16-14-12-10-8-6-4-2)51-75-63-61(74)59(72)62(55(50-67)77-63)78-64-60(73)58(71)57(70)54(49-66)76-64/h5,7,11,13,17,19,23,25,28,30,37,39,45,47,52-55,57-64,66-68,70-74H,3-4,6,8-10,12,14-16,18,20-22,24,26-27,29,31-36,38,40-44,46,48-51H2,1-2H3,(H,65,69)/b7-5-,13-11-,19-17-,25-23-,30-28-,39-37+,47-45+. The third-order valence-electron chi connectivity index (χ3n) is 14.6. The SMILES string of the molecule is CC/C=C\C/C=C\C/C=C\C/C=C\C/C=C\CCCCCCCCCC(=O)NC(COC1OC(CO)C(OC2OC(CO)C(O)C(O)C2O)C(O)C1O)C(O)/C=C/CC/C=C/CCCCCCCCCCCCCCCCC. The van der Waals surface area contributed by atoms with Gasteiger partial charge in [-0.15, -0.1) is 0 Å². The minimum absolute atomic E-state index is 0.256. The van der Waals surface area contributed by atoms with Gasteiger partial charge in [0.2, 0.25) is 5.91 Å². The molecule has 2 aliphatic rings. The Morgan fingerprint density at radius 2 is 0.897 bits per heavy atom. The van der Waals surface area contributed by atoms with E-state index in [9.17, 15) is 45.6 Å². The second kappa shape index (κ2) is 48.8. The summed E-state index contributed by atoms with van der Waals surface area (Å²) in [6.45, 7) is 2.66. The highest BCUT2D eigenvalue weighted by atomic mass is 16.7. The molecular weight excluding hydrogens is 991 g/mol. The number of hydrogen-bond donors (Lipinski definition) is 9. The number of nitrogens with one attached hydrogen (secondary N) is 1. The van der Waals surface area contributed by atoms with Crippen molar-refractivity contribution >= 4 is 5.91 Å². The molecule has 0 aromatic rings. The molecule has 12 unspecified atom stereocenters. The fourth-order valence-electron chi connectivity index (χ4n) is 9.63. The van der Waals surface area contributed by atoms with E-state index >= 15 is 0 Å². The first kappa shape index (κ1) is 71.3. The van der Waals surface area contributed by atoms with E-state index in [-0.39, 0.29) is 18.9 Å². The molecule has 78 heavy (non-hydrogen) atoms. The Morgan fingerprint density at radius 1 is 0.474 bits per heavy atom. The third-order valence-corrected chi connectivity index (χ3v) is 14.6. The van der Waals surface area contributed by atoms with Gasteiger partial charge in [-0.05, 0) is 77.0 Å². The zero-order chi connectivity index (χ0) is 56.7. The first-order chi connectivity index (χ1) is 38.1. The molecule has 14 heteroatoms. The Balaban J connectivity index is 1.78. The summed E-state index contributed by atoms with van der Waals surface area (Å²) in [6.07, 6.45) is 49.0. The minimum atomic E-state index is -1.80. The number of carbonyl (C=O) groups is 1. The number of aliphatic hydroxyl groups excluding tert-OH is 8. The van der Waals surface area contributed by atoms with Crippen molar-refractivity contribution < 1.29 is 64.6 Å². The smallest absolute Gasteiger partial charge is 0.220 e. The van der Waals surface area contributed by atoms with Crippen molar-refractivity contribution in [3.8, 4) is 0 Å². The molecule has 14 nitrogen and oxygen atoms in total. The van der Waals surface area contributed by atoms with Gasteiger partial charge in [-0.25, -0.2) is 0 Å². The summed E-state index contributed by atoms with van der Waals surface area (Å²) in [5.41, 5.74) is 0. The van der Waals surface area contributed by atoms with Crippen molar-refractivity contribution in [1.29, 1.82) is 0 Å².